The summed E-state index contributed by atoms with van der Waals surface area (Å²) in [4.78, 5) is 11.5. The fourth-order valence-corrected chi connectivity index (χ4v) is 3.04. The number of aromatic nitrogens is 1. The molecule has 7 nitrogen and oxygen atoms in total. The zero-order valence-corrected chi connectivity index (χ0v) is 13.1. The lowest BCUT2D eigenvalue weighted by Crippen LogP contribution is -2.31. The maximum atomic E-state index is 12.3. The van der Waals surface area contributed by atoms with Gasteiger partial charge in [-0.2, -0.15) is 0 Å². The minimum atomic E-state index is -3.70. The Morgan fingerprint density at radius 2 is 1.91 bits per heavy atom. The van der Waals surface area contributed by atoms with E-state index >= 15 is 0 Å². The highest BCUT2D eigenvalue weighted by atomic mass is 32.2. The first-order valence-electron chi connectivity index (χ1n) is 6.56. The molecule has 8 heteroatoms. The summed E-state index contributed by atoms with van der Waals surface area (Å²) in [6, 6.07) is 8.82. The van der Waals surface area contributed by atoms with Crippen LogP contribution in [-0.2, 0) is 23.6 Å². The average Bonchev–Trinajstić information content (AvgIpc) is 2.89. The summed E-state index contributed by atoms with van der Waals surface area (Å²) in [5.74, 6) is 4.51. The average molecular weight is 322 g/mol. The third kappa shape index (κ3) is 3.53. The summed E-state index contributed by atoms with van der Waals surface area (Å²) in [6.45, 7) is 2.14. The van der Waals surface area contributed by atoms with Crippen LogP contribution in [0.2, 0.25) is 0 Å². The molecule has 0 saturated carbocycles. The number of carbonyl (C=O) groups is 1. The molecule has 1 heterocycles. The molecular formula is C14H18N4O3S. The molecule has 22 heavy (non-hydrogen) atoms. The van der Waals surface area contributed by atoms with Gasteiger partial charge < -0.3 is 4.57 Å². The number of rotatable bonds is 5. The van der Waals surface area contributed by atoms with Crippen molar-refractivity contribution in [1.29, 1.82) is 0 Å². The zero-order valence-electron chi connectivity index (χ0n) is 12.3. The second kappa shape index (κ2) is 6.30. The van der Waals surface area contributed by atoms with Crippen LogP contribution in [0.1, 0.15) is 21.6 Å². The molecule has 2 aromatic rings. The van der Waals surface area contributed by atoms with Crippen molar-refractivity contribution in [1.82, 2.24) is 14.7 Å². The van der Waals surface area contributed by atoms with E-state index in [1.807, 2.05) is 36.6 Å². The molecule has 4 N–H and O–H groups in total. The number of hydrazine groups is 1. The monoisotopic (exact) mass is 322 g/mol. The Bertz CT molecular complexity index is 779. The highest BCUT2D eigenvalue weighted by Gasteiger charge is 2.19. The summed E-state index contributed by atoms with van der Waals surface area (Å²) in [5.41, 5.74) is 4.10. The van der Waals surface area contributed by atoms with Gasteiger partial charge in [-0.25, -0.2) is 19.0 Å². The lowest BCUT2D eigenvalue weighted by Gasteiger charge is -2.05. The fraction of sp³-hybridized carbons (Fsp3) is 0.214. The van der Waals surface area contributed by atoms with Crippen molar-refractivity contribution in [3.05, 3.63) is 53.3 Å². The van der Waals surface area contributed by atoms with E-state index in [0.29, 0.717) is 0 Å². The zero-order chi connectivity index (χ0) is 16.3. The number of hydrogen-bond donors (Lipinski definition) is 3. The lowest BCUT2D eigenvalue weighted by atomic mass is 10.2. The largest absolute Gasteiger partial charge is 0.345 e. The van der Waals surface area contributed by atoms with E-state index in [2.05, 4.69) is 4.72 Å². The third-order valence-corrected chi connectivity index (χ3v) is 4.61. The Morgan fingerprint density at radius 3 is 2.50 bits per heavy atom. The van der Waals surface area contributed by atoms with Gasteiger partial charge >= 0.3 is 0 Å². The Balaban J connectivity index is 2.16. The van der Waals surface area contributed by atoms with Crippen LogP contribution in [0, 0.1) is 6.92 Å². The quantitative estimate of drug-likeness (QED) is 0.421. The molecule has 0 aliphatic heterocycles. The maximum absolute atomic E-state index is 12.3. The predicted molar refractivity (Wildman–Crippen MR) is 82.3 cm³/mol. The number of nitrogen functional groups attached to an aromatic ring is 1. The van der Waals surface area contributed by atoms with E-state index in [9.17, 15) is 13.2 Å². The Hall–Kier alpha value is -2.16. The van der Waals surface area contributed by atoms with Crippen LogP contribution in [0.15, 0.2) is 41.4 Å². The van der Waals surface area contributed by atoms with E-state index in [0.717, 1.165) is 11.1 Å². The number of aryl methyl sites for hydroxylation is 2. The molecule has 0 bridgehead atoms. The van der Waals surface area contributed by atoms with Crippen LogP contribution < -0.4 is 16.0 Å². The van der Waals surface area contributed by atoms with E-state index in [1.165, 1.54) is 16.8 Å². The number of nitrogens with zero attached hydrogens (tertiary/aromatic N) is 1. The molecule has 0 saturated heterocycles. The molecule has 0 aliphatic carbocycles. The maximum Gasteiger partial charge on any atom is 0.281 e. The van der Waals surface area contributed by atoms with E-state index in [1.54, 1.807) is 7.05 Å². The fourth-order valence-electron chi connectivity index (χ4n) is 1.95. The topological polar surface area (TPSA) is 106 Å². The minimum absolute atomic E-state index is 0.0145. The smallest absolute Gasteiger partial charge is 0.281 e. The number of amides is 1. The number of sulfonamides is 1. The molecule has 1 aromatic carbocycles. The standard InChI is InChI=1S/C14H18N4O3S/c1-10-3-5-11(6-4-10)8-16-22(20,21)12-7-13(14(19)17-15)18(2)9-12/h3-7,9,16H,8,15H2,1-2H3,(H,17,19). The van der Waals surface area contributed by atoms with Crippen molar-refractivity contribution in [3.63, 3.8) is 0 Å². The predicted octanol–water partition coefficient (Wildman–Crippen LogP) is 0.416. The van der Waals surface area contributed by atoms with Crippen LogP contribution in [0.4, 0.5) is 0 Å². The van der Waals surface area contributed by atoms with Crippen LogP contribution >= 0.6 is 0 Å². The van der Waals surface area contributed by atoms with Gasteiger partial charge in [0.25, 0.3) is 5.91 Å². The van der Waals surface area contributed by atoms with Crippen molar-refractivity contribution in [2.24, 2.45) is 12.9 Å². The van der Waals surface area contributed by atoms with Gasteiger partial charge in [0, 0.05) is 19.8 Å². The van der Waals surface area contributed by atoms with Gasteiger partial charge in [0.1, 0.15) is 10.6 Å². The summed E-state index contributed by atoms with van der Waals surface area (Å²) in [7, 11) is -2.13. The van der Waals surface area contributed by atoms with Gasteiger partial charge in [0.15, 0.2) is 0 Å². The van der Waals surface area contributed by atoms with Crippen molar-refractivity contribution in [2.45, 2.75) is 18.4 Å². The molecule has 0 fully saturated rings. The van der Waals surface area contributed by atoms with E-state index < -0.39 is 15.9 Å². The number of benzene rings is 1. The van der Waals surface area contributed by atoms with Crippen LogP contribution in [0.3, 0.4) is 0 Å². The van der Waals surface area contributed by atoms with Crippen LogP contribution in [-0.4, -0.2) is 18.9 Å². The second-order valence-corrected chi connectivity index (χ2v) is 6.72. The lowest BCUT2D eigenvalue weighted by molar-refractivity contribution is 0.0945. The van der Waals surface area contributed by atoms with Crippen molar-refractivity contribution in [2.75, 3.05) is 0 Å². The Labute approximate surface area is 129 Å². The van der Waals surface area contributed by atoms with Crippen molar-refractivity contribution in [3.8, 4) is 0 Å². The van der Waals surface area contributed by atoms with Gasteiger partial charge in [-0.15, -0.1) is 0 Å². The summed E-state index contributed by atoms with van der Waals surface area (Å²) in [5, 5.41) is 0. The Kier molecular flexibility index (Phi) is 4.65. The molecule has 0 atom stereocenters. The van der Waals surface area contributed by atoms with Crippen molar-refractivity contribution >= 4 is 15.9 Å². The summed E-state index contributed by atoms with van der Waals surface area (Å²) >= 11 is 0. The van der Waals surface area contributed by atoms with Gasteiger partial charge in [-0.05, 0) is 18.6 Å². The van der Waals surface area contributed by atoms with E-state index in [4.69, 9.17) is 5.84 Å². The normalized spacial score (nSPS) is 11.4. The summed E-state index contributed by atoms with van der Waals surface area (Å²) in [6.07, 6.45) is 1.36. The number of nitrogens with one attached hydrogen (secondary N) is 2. The molecular weight excluding hydrogens is 304 g/mol. The molecule has 0 unspecified atom stereocenters. The van der Waals surface area contributed by atoms with Crippen LogP contribution in [0.5, 0.6) is 0 Å². The first kappa shape index (κ1) is 16.2. The highest BCUT2D eigenvalue weighted by Crippen LogP contribution is 2.14. The molecule has 0 spiro atoms. The second-order valence-electron chi connectivity index (χ2n) is 4.96. The number of nitrogens with two attached hydrogens (primary N) is 1. The third-order valence-electron chi connectivity index (χ3n) is 3.24. The first-order chi connectivity index (χ1) is 10.3. The van der Waals surface area contributed by atoms with E-state index in [-0.39, 0.29) is 17.1 Å². The molecule has 1 aromatic heterocycles. The molecule has 118 valence electrons. The van der Waals surface area contributed by atoms with Gasteiger partial charge in [-0.3, -0.25) is 10.2 Å². The van der Waals surface area contributed by atoms with Crippen molar-refractivity contribution < 1.29 is 13.2 Å². The van der Waals surface area contributed by atoms with Gasteiger partial charge in [0.2, 0.25) is 10.0 Å². The Morgan fingerprint density at radius 1 is 1.27 bits per heavy atom. The molecule has 1 amide bonds. The first-order valence-corrected chi connectivity index (χ1v) is 8.04. The SMILES string of the molecule is Cc1ccc(CNS(=O)(=O)c2cc(C(=O)NN)n(C)c2)cc1. The molecule has 0 aliphatic rings. The van der Waals surface area contributed by atoms with Gasteiger partial charge in [-0.1, -0.05) is 29.8 Å². The summed E-state index contributed by atoms with van der Waals surface area (Å²) < 4.78 is 28.4. The molecule has 0 radical (unpaired) electrons. The number of hydrogen-bond acceptors (Lipinski definition) is 4. The minimum Gasteiger partial charge on any atom is -0.345 e. The highest BCUT2D eigenvalue weighted by molar-refractivity contribution is 7.89. The van der Waals surface area contributed by atoms with Crippen LogP contribution in [0.25, 0.3) is 0 Å². The van der Waals surface area contributed by atoms with Gasteiger partial charge in [0.05, 0.1) is 0 Å². The number of carbonyl (C=O) groups excluding carboxylic acids is 1. The molecule has 2 rings (SSSR count).